The topological polar surface area (TPSA) is 55.1 Å². The lowest BCUT2D eigenvalue weighted by Gasteiger charge is -2.12. The van der Waals surface area contributed by atoms with Gasteiger partial charge in [0.15, 0.2) is 0 Å². The predicted molar refractivity (Wildman–Crippen MR) is 109 cm³/mol. The Hall–Kier alpha value is -3.38. The molecule has 3 aromatic carbocycles. The van der Waals surface area contributed by atoms with E-state index in [0.29, 0.717) is 28.9 Å². The summed E-state index contributed by atoms with van der Waals surface area (Å²) in [4.78, 5) is 12.8. The summed E-state index contributed by atoms with van der Waals surface area (Å²) in [6, 6.07) is 18.8. The van der Waals surface area contributed by atoms with Crippen LogP contribution in [0, 0.1) is 0 Å². The number of anilines is 1. The minimum Gasteiger partial charge on any atom is -0.327 e. The third-order valence-corrected chi connectivity index (χ3v) is 4.31. The van der Waals surface area contributed by atoms with E-state index in [1.54, 1.807) is 36.4 Å². The summed E-state index contributed by atoms with van der Waals surface area (Å²) in [7, 11) is 0. The highest BCUT2D eigenvalue weighted by molar-refractivity contribution is 6.08. The third-order valence-electron chi connectivity index (χ3n) is 4.31. The van der Waals surface area contributed by atoms with Crippen molar-refractivity contribution in [2.75, 3.05) is 11.9 Å². The van der Waals surface area contributed by atoms with Crippen LogP contribution in [-0.2, 0) is 6.18 Å². The highest BCUT2D eigenvalue weighted by atomic mass is 19.4. The van der Waals surface area contributed by atoms with Crippen LogP contribution >= 0.6 is 0 Å². The van der Waals surface area contributed by atoms with Gasteiger partial charge in [-0.1, -0.05) is 54.6 Å². The molecule has 3 nitrogen and oxygen atoms in total. The molecule has 0 saturated heterocycles. The molecule has 0 bridgehead atoms. The fourth-order valence-corrected chi connectivity index (χ4v) is 2.85. The zero-order chi connectivity index (χ0) is 20.9. The second-order valence-electron chi connectivity index (χ2n) is 6.33. The molecule has 0 aromatic heterocycles. The molecule has 29 heavy (non-hydrogen) atoms. The minimum atomic E-state index is -4.40. The lowest BCUT2D eigenvalue weighted by molar-refractivity contribution is -0.137. The van der Waals surface area contributed by atoms with Crippen LogP contribution in [0.5, 0.6) is 0 Å². The van der Waals surface area contributed by atoms with Gasteiger partial charge in [-0.25, -0.2) is 0 Å². The number of halogens is 3. The average molecular weight is 396 g/mol. The molecule has 0 unspecified atom stereocenters. The van der Waals surface area contributed by atoms with E-state index in [9.17, 15) is 18.0 Å². The van der Waals surface area contributed by atoms with Crippen LogP contribution in [0.1, 0.15) is 21.5 Å². The first kappa shape index (κ1) is 20.4. The van der Waals surface area contributed by atoms with Gasteiger partial charge in [0.2, 0.25) is 0 Å². The van der Waals surface area contributed by atoms with Gasteiger partial charge in [-0.15, -0.1) is 0 Å². The Labute approximate surface area is 166 Å². The Kier molecular flexibility index (Phi) is 6.14. The lowest BCUT2D eigenvalue weighted by atomic mass is 9.98. The standard InChI is InChI=1S/C23H19F3N2O/c24-23(25,26)18-11-9-17(10-12-18)20-5-1-2-6-21(20)22(29)28-19-13-7-16(8-14-19)4-3-15-27/h1-14H,15,27H2,(H,28,29). The number of carbonyl (C=O) groups is 1. The van der Waals surface area contributed by atoms with Crippen molar-refractivity contribution >= 4 is 17.7 Å². The van der Waals surface area contributed by atoms with Crippen LogP contribution in [-0.4, -0.2) is 12.5 Å². The summed E-state index contributed by atoms with van der Waals surface area (Å²) in [5.41, 5.74) is 7.73. The summed E-state index contributed by atoms with van der Waals surface area (Å²) in [6.07, 6.45) is -0.694. The Balaban J connectivity index is 1.83. The van der Waals surface area contributed by atoms with Crippen LogP contribution in [0.3, 0.4) is 0 Å². The molecule has 1 amide bonds. The highest BCUT2D eigenvalue weighted by Gasteiger charge is 2.30. The fraction of sp³-hybridized carbons (Fsp3) is 0.0870. The van der Waals surface area contributed by atoms with E-state index >= 15 is 0 Å². The molecule has 0 aliphatic rings. The minimum absolute atomic E-state index is 0.342. The van der Waals surface area contributed by atoms with Crippen LogP contribution in [0.15, 0.2) is 78.9 Å². The van der Waals surface area contributed by atoms with Crippen molar-refractivity contribution < 1.29 is 18.0 Å². The Morgan fingerprint density at radius 1 is 0.931 bits per heavy atom. The van der Waals surface area contributed by atoms with Gasteiger partial charge in [0.25, 0.3) is 5.91 Å². The van der Waals surface area contributed by atoms with E-state index in [0.717, 1.165) is 17.7 Å². The summed E-state index contributed by atoms with van der Waals surface area (Å²) >= 11 is 0. The third kappa shape index (κ3) is 5.12. The zero-order valence-electron chi connectivity index (χ0n) is 15.4. The number of amides is 1. The average Bonchev–Trinajstić information content (AvgIpc) is 2.73. The maximum atomic E-state index is 12.8. The Bertz CT molecular complexity index is 1010. The van der Waals surface area contributed by atoms with E-state index in [1.165, 1.54) is 12.1 Å². The van der Waals surface area contributed by atoms with E-state index in [-0.39, 0.29) is 5.91 Å². The van der Waals surface area contributed by atoms with E-state index in [1.807, 2.05) is 24.3 Å². The molecule has 0 radical (unpaired) electrons. The molecule has 0 spiro atoms. The van der Waals surface area contributed by atoms with Crippen molar-refractivity contribution in [3.8, 4) is 11.1 Å². The molecule has 0 fully saturated rings. The molecular weight excluding hydrogens is 377 g/mol. The van der Waals surface area contributed by atoms with Crippen LogP contribution in [0.2, 0.25) is 0 Å². The number of benzene rings is 3. The van der Waals surface area contributed by atoms with Crippen molar-refractivity contribution in [1.82, 2.24) is 0 Å². The van der Waals surface area contributed by atoms with E-state index in [2.05, 4.69) is 5.32 Å². The van der Waals surface area contributed by atoms with Crippen molar-refractivity contribution in [2.24, 2.45) is 5.73 Å². The second-order valence-corrected chi connectivity index (χ2v) is 6.33. The Morgan fingerprint density at radius 3 is 2.21 bits per heavy atom. The van der Waals surface area contributed by atoms with Crippen molar-refractivity contribution in [3.63, 3.8) is 0 Å². The summed E-state index contributed by atoms with van der Waals surface area (Å²) in [6.45, 7) is 0.444. The van der Waals surface area contributed by atoms with Crippen LogP contribution in [0.4, 0.5) is 18.9 Å². The molecule has 0 aliphatic carbocycles. The number of hydrogen-bond donors (Lipinski definition) is 2. The number of rotatable bonds is 5. The number of alkyl halides is 3. The highest BCUT2D eigenvalue weighted by Crippen LogP contribution is 2.32. The molecule has 0 atom stereocenters. The molecular formula is C23H19F3N2O. The molecule has 3 N–H and O–H groups in total. The number of nitrogens with two attached hydrogens (primary N) is 1. The molecule has 6 heteroatoms. The fourth-order valence-electron chi connectivity index (χ4n) is 2.85. The van der Waals surface area contributed by atoms with Crippen molar-refractivity contribution in [1.29, 1.82) is 0 Å². The quantitative estimate of drug-likeness (QED) is 0.590. The normalized spacial score (nSPS) is 11.6. The number of nitrogens with one attached hydrogen (secondary N) is 1. The monoisotopic (exact) mass is 396 g/mol. The first-order chi connectivity index (χ1) is 13.9. The first-order valence-electron chi connectivity index (χ1n) is 8.93. The SMILES string of the molecule is NCC=Cc1ccc(NC(=O)c2ccccc2-c2ccc(C(F)(F)F)cc2)cc1. The van der Waals surface area contributed by atoms with Crippen molar-refractivity contribution in [2.45, 2.75) is 6.18 Å². The lowest BCUT2D eigenvalue weighted by Crippen LogP contribution is -2.13. The largest absolute Gasteiger partial charge is 0.416 e. The van der Waals surface area contributed by atoms with Gasteiger partial charge in [0.05, 0.1) is 5.56 Å². The number of hydrogen-bond acceptors (Lipinski definition) is 2. The van der Waals surface area contributed by atoms with Crippen LogP contribution in [0.25, 0.3) is 17.2 Å². The molecule has 3 rings (SSSR count). The van der Waals surface area contributed by atoms with Gasteiger partial charge in [0.1, 0.15) is 0 Å². The van der Waals surface area contributed by atoms with Gasteiger partial charge < -0.3 is 11.1 Å². The summed E-state index contributed by atoms with van der Waals surface area (Å²) in [5, 5.41) is 2.82. The molecule has 3 aromatic rings. The van der Waals surface area contributed by atoms with Crippen molar-refractivity contribution in [3.05, 3.63) is 95.6 Å². The second kappa shape index (κ2) is 8.75. The van der Waals surface area contributed by atoms with Gasteiger partial charge in [-0.3, -0.25) is 4.79 Å². The van der Waals surface area contributed by atoms with E-state index < -0.39 is 11.7 Å². The first-order valence-corrected chi connectivity index (χ1v) is 8.93. The van der Waals surface area contributed by atoms with E-state index in [4.69, 9.17) is 5.73 Å². The van der Waals surface area contributed by atoms with Crippen LogP contribution < -0.4 is 11.1 Å². The van der Waals surface area contributed by atoms with Gasteiger partial charge in [-0.2, -0.15) is 13.2 Å². The smallest absolute Gasteiger partial charge is 0.327 e. The van der Waals surface area contributed by atoms with Gasteiger partial charge in [0, 0.05) is 17.8 Å². The van der Waals surface area contributed by atoms with Gasteiger partial charge >= 0.3 is 6.18 Å². The zero-order valence-corrected chi connectivity index (χ0v) is 15.4. The van der Waals surface area contributed by atoms with Gasteiger partial charge in [-0.05, 0) is 47.0 Å². The predicted octanol–water partition coefficient (Wildman–Crippen LogP) is 5.60. The molecule has 0 aliphatic heterocycles. The Morgan fingerprint density at radius 2 is 1.59 bits per heavy atom. The maximum absolute atomic E-state index is 12.8. The maximum Gasteiger partial charge on any atom is 0.416 e. The molecule has 0 saturated carbocycles. The molecule has 148 valence electrons. The summed E-state index contributed by atoms with van der Waals surface area (Å²) in [5.74, 6) is -0.342. The summed E-state index contributed by atoms with van der Waals surface area (Å²) < 4.78 is 38.4. The molecule has 0 heterocycles. The number of carbonyl (C=O) groups excluding carboxylic acids is 1.